The second kappa shape index (κ2) is 9.87. The van der Waals surface area contributed by atoms with Crippen molar-refractivity contribution in [3.05, 3.63) is 82.1 Å². The zero-order chi connectivity index (χ0) is 23.4. The molecule has 1 amide bonds. The number of alkyl halides is 3. The van der Waals surface area contributed by atoms with Crippen molar-refractivity contribution in [1.82, 2.24) is 15.1 Å². The van der Waals surface area contributed by atoms with E-state index in [0.29, 0.717) is 41.5 Å². The summed E-state index contributed by atoms with van der Waals surface area (Å²) in [4.78, 5) is 12.5. The Kier molecular flexibility index (Phi) is 6.93. The normalized spacial score (nSPS) is 13.7. The number of ether oxygens (including phenoxy) is 1. The Balaban J connectivity index is 1.28. The van der Waals surface area contributed by atoms with Crippen molar-refractivity contribution in [2.24, 2.45) is 0 Å². The van der Waals surface area contributed by atoms with E-state index in [1.54, 1.807) is 42.5 Å². The van der Waals surface area contributed by atoms with Gasteiger partial charge in [-0.2, -0.15) is 18.3 Å². The van der Waals surface area contributed by atoms with Crippen LogP contribution in [0.15, 0.2) is 54.6 Å². The molecule has 3 aromatic rings. The fourth-order valence-electron chi connectivity index (χ4n) is 3.52. The van der Waals surface area contributed by atoms with Gasteiger partial charge in [0.05, 0.1) is 0 Å². The molecule has 1 aliphatic carbocycles. The van der Waals surface area contributed by atoms with Crippen LogP contribution in [-0.4, -0.2) is 22.2 Å². The van der Waals surface area contributed by atoms with Gasteiger partial charge in [-0.1, -0.05) is 29.8 Å². The zero-order valence-electron chi connectivity index (χ0n) is 17.7. The van der Waals surface area contributed by atoms with Crippen molar-refractivity contribution >= 4 is 17.5 Å². The summed E-state index contributed by atoms with van der Waals surface area (Å²) in [5, 5.41) is 7.13. The van der Waals surface area contributed by atoms with E-state index in [1.165, 1.54) is 4.68 Å². The molecule has 1 heterocycles. The number of carbonyl (C=O) groups excluding carboxylic acids is 1. The van der Waals surface area contributed by atoms with E-state index in [1.807, 2.05) is 6.07 Å². The molecule has 0 spiro atoms. The predicted molar refractivity (Wildman–Crippen MR) is 118 cm³/mol. The molecule has 1 saturated carbocycles. The summed E-state index contributed by atoms with van der Waals surface area (Å²) in [7, 11) is 0. The fraction of sp³-hybridized carbons (Fsp3) is 0.333. The average Bonchev–Trinajstić information content (AvgIpc) is 3.53. The van der Waals surface area contributed by atoms with Crippen LogP contribution in [0.3, 0.4) is 0 Å². The molecule has 0 saturated heterocycles. The monoisotopic (exact) mass is 477 g/mol. The van der Waals surface area contributed by atoms with Gasteiger partial charge < -0.3 is 10.1 Å². The van der Waals surface area contributed by atoms with Gasteiger partial charge in [-0.15, -0.1) is 0 Å². The summed E-state index contributed by atoms with van der Waals surface area (Å²) >= 11 is 5.95. The van der Waals surface area contributed by atoms with Crippen molar-refractivity contribution in [1.29, 1.82) is 0 Å². The number of carbonyl (C=O) groups is 1. The number of hydrogen-bond acceptors (Lipinski definition) is 3. The molecule has 0 aliphatic heterocycles. The summed E-state index contributed by atoms with van der Waals surface area (Å²) in [6.07, 6.45) is -2.21. The van der Waals surface area contributed by atoms with E-state index in [-0.39, 0.29) is 18.4 Å². The number of rotatable bonds is 9. The van der Waals surface area contributed by atoms with Crippen LogP contribution in [0.4, 0.5) is 13.2 Å². The predicted octanol–water partition coefficient (Wildman–Crippen LogP) is 5.83. The first kappa shape index (κ1) is 23.2. The van der Waals surface area contributed by atoms with Crippen molar-refractivity contribution < 1.29 is 22.7 Å². The summed E-state index contributed by atoms with van der Waals surface area (Å²) in [5.74, 6) is 0.536. The van der Waals surface area contributed by atoms with Gasteiger partial charge >= 0.3 is 6.18 Å². The third-order valence-electron chi connectivity index (χ3n) is 5.32. The largest absolute Gasteiger partial charge is 0.489 e. The molecule has 1 aliphatic rings. The summed E-state index contributed by atoms with van der Waals surface area (Å²) in [5.41, 5.74) is 1.08. The number of aryl methyl sites for hydroxylation is 1. The lowest BCUT2D eigenvalue weighted by molar-refractivity contribution is -0.141. The molecule has 0 bridgehead atoms. The first-order chi connectivity index (χ1) is 15.8. The number of aromatic nitrogens is 2. The van der Waals surface area contributed by atoms with Gasteiger partial charge in [0.15, 0.2) is 5.69 Å². The highest BCUT2D eigenvalue weighted by Gasteiger charge is 2.37. The molecule has 174 valence electrons. The van der Waals surface area contributed by atoms with Crippen molar-refractivity contribution in [2.45, 2.75) is 44.5 Å². The maximum absolute atomic E-state index is 13.0. The van der Waals surface area contributed by atoms with E-state index in [4.69, 9.17) is 16.3 Å². The van der Waals surface area contributed by atoms with E-state index in [0.717, 1.165) is 24.5 Å². The Morgan fingerprint density at radius 3 is 2.67 bits per heavy atom. The van der Waals surface area contributed by atoms with E-state index in [9.17, 15) is 18.0 Å². The molecule has 0 radical (unpaired) electrons. The van der Waals surface area contributed by atoms with Crippen LogP contribution < -0.4 is 10.1 Å². The molecule has 1 fully saturated rings. The van der Waals surface area contributed by atoms with Gasteiger partial charge in [0.2, 0.25) is 0 Å². The van der Waals surface area contributed by atoms with Crippen molar-refractivity contribution in [3.63, 3.8) is 0 Å². The molecule has 1 N–H and O–H groups in total. The quantitative estimate of drug-likeness (QED) is 0.394. The van der Waals surface area contributed by atoms with E-state index in [2.05, 4.69) is 10.4 Å². The third-order valence-corrected chi connectivity index (χ3v) is 5.56. The van der Waals surface area contributed by atoms with Crippen LogP contribution >= 0.6 is 11.6 Å². The van der Waals surface area contributed by atoms with Gasteiger partial charge in [-0.05, 0) is 61.2 Å². The summed E-state index contributed by atoms with van der Waals surface area (Å²) < 4.78 is 46.1. The number of nitrogens with one attached hydrogen (secondary N) is 1. The highest BCUT2D eigenvalue weighted by molar-refractivity contribution is 6.30. The Labute approximate surface area is 194 Å². The van der Waals surface area contributed by atoms with Crippen LogP contribution in [-0.2, 0) is 19.3 Å². The molecule has 33 heavy (non-hydrogen) atoms. The minimum absolute atomic E-state index is 0.153. The molecular formula is C24H23ClF3N3O2. The molecule has 5 nitrogen and oxygen atoms in total. The lowest BCUT2D eigenvalue weighted by Crippen LogP contribution is -2.25. The van der Waals surface area contributed by atoms with Crippen molar-refractivity contribution in [3.8, 4) is 5.75 Å². The van der Waals surface area contributed by atoms with Crippen LogP contribution in [0.25, 0.3) is 0 Å². The Hall–Kier alpha value is -3.00. The first-order valence-corrected chi connectivity index (χ1v) is 11.1. The molecule has 4 rings (SSSR count). The van der Waals surface area contributed by atoms with Gasteiger partial charge in [0.25, 0.3) is 5.91 Å². The number of nitrogens with zero attached hydrogens (tertiary/aromatic N) is 2. The van der Waals surface area contributed by atoms with Crippen LogP contribution in [0, 0.1) is 0 Å². The first-order valence-electron chi connectivity index (χ1n) is 10.7. The Morgan fingerprint density at radius 1 is 1.15 bits per heavy atom. The second-order valence-corrected chi connectivity index (χ2v) is 8.44. The molecule has 2 aromatic carbocycles. The van der Waals surface area contributed by atoms with Crippen LogP contribution in [0.1, 0.15) is 52.5 Å². The maximum atomic E-state index is 13.0. The number of halogens is 4. The zero-order valence-corrected chi connectivity index (χ0v) is 18.5. The topological polar surface area (TPSA) is 56.2 Å². The number of benzene rings is 2. The van der Waals surface area contributed by atoms with Gasteiger partial charge in [0, 0.05) is 35.3 Å². The third kappa shape index (κ3) is 6.28. The van der Waals surface area contributed by atoms with Crippen molar-refractivity contribution in [2.75, 3.05) is 6.54 Å². The standard InChI is InChI=1S/C24H23ClF3N3O2/c25-19-6-2-7-20(13-19)33-15-16-4-1-5-18(12-16)23(32)29-10-3-11-31-21(17-8-9-17)14-22(30-31)24(26,27)28/h1-2,4-7,12-14,17H,3,8-11,15H2,(H,29,32). The number of amides is 1. The highest BCUT2D eigenvalue weighted by atomic mass is 35.5. The lowest BCUT2D eigenvalue weighted by atomic mass is 10.1. The van der Waals surface area contributed by atoms with E-state index < -0.39 is 11.9 Å². The molecule has 9 heteroatoms. The SMILES string of the molecule is O=C(NCCCn1nc(C(F)(F)F)cc1C1CC1)c1cccc(COc2cccc(Cl)c2)c1. The summed E-state index contributed by atoms with van der Waals surface area (Å²) in [6, 6.07) is 15.3. The van der Waals surface area contributed by atoms with Gasteiger partial charge in [0.1, 0.15) is 12.4 Å². The molecule has 0 atom stereocenters. The fourth-order valence-corrected chi connectivity index (χ4v) is 3.70. The Bertz CT molecular complexity index is 1130. The average molecular weight is 478 g/mol. The maximum Gasteiger partial charge on any atom is 0.435 e. The second-order valence-electron chi connectivity index (χ2n) is 8.01. The van der Waals surface area contributed by atoms with Crippen LogP contribution in [0.2, 0.25) is 5.02 Å². The Morgan fingerprint density at radius 2 is 1.94 bits per heavy atom. The number of hydrogen-bond donors (Lipinski definition) is 1. The van der Waals surface area contributed by atoms with Crippen LogP contribution in [0.5, 0.6) is 5.75 Å². The minimum Gasteiger partial charge on any atom is -0.489 e. The van der Waals surface area contributed by atoms with E-state index >= 15 is 0 Å². The highest BCUT2D eigenvalue weighted by Crippen LogP contribution is 2.42. The molecule has 0 unspecified atom stereocenters. The molecule has 1 aromatic heterocycles. The lowest BCUT2D eigenvalue weighted by Gasteiger charge is -2.10. The minimum atomic E-state index is -4.45. The molecular weight excluding hydrogens is 455 g/mol. The van der Waals surface area contributed by atoms with Gasteiger partial charge in [-0.25, -0.2) is 0 Å². The smallest absolute Gasteiger partial charge is 0.435 e. The van der Waals surface area contributed by atoms with Gasteiger partial charge in [-0.3, -0.25) is 9.48 Å². The summed E-state index contributed by atoms with van der Waals surface area (Å²) in [6.45, 7) is 0.926.